The second-order valence-corrected chi connectivity index (χ2v) is 8.20. The fourth-order valence-corrected chi connectivity index (χ4v) is 4.62. The van der Waals surface area contributed by atoms with Crippen molar-refractivity contribution in [1.29, 1.82) is 0 Å². The summed E-state index contributed by atoms with van der Waals surface area (Å²) in [4.78, 5) is 17.5. The summed E-state index contributed by atoms with van der Waals surface area (Å²) in [5.74, 6) is 0.123. The molecule has 1 heterocycles. The molecule has 1 unspecified atom stereocenters. The minimum Gasteiger partial charge on any atom is -0.348 e. The number of nitrogens with one attached hydrogen (secondary N) is 1. The Bertz CT molecular complexity index is 766. The first-order valence-corrected chi connectivity index (χ1v) is 10.6. The van der Waals surface area contributed by atoms with Gasteiger partial charge in [-0.15, -0.1) is 0 Å². The van der Waals surface area contributed by atoms with Crippen molar-refractivity contribution in [3.63, 3.8) is 0 Å². The van der Waals surface area contributed by atoms with Crippen LogP contribution in [0.1, 0.15) is 36.1 Å². The van der Waals surface area contributed by atoms with Crippen LogP contribution in [-0.2, 0) is 17.6 Å². The Labute approximate surface area is 168 Å². The number of carbonyl (C=O) groups excluding carboxylic acids is 1. The van der Waals surface area contributed by atoms with Gasteiger partial charge in [-0.25, -0.2) is 0 Å². The first kappa shape index (κ1) is 19.2. The third-order valence-corrected chi connectivity index (χ3v) is 6.21. The van der Waals surface area contributed by atoms with Crippen molar-refractivity contribution in [2.24, 2.45) is 0 Å². The summed E-state index contributed by atoms with van der Waals surface area (Å²) in [6.45, 7) is 6.71. The van der Waals surface area contributed by atoms with Gasteiger partial charge in [-0.2, -0.15) is 0 Å². The third kappa shape index (κ3) is 4.62. The van der Waals surface area contributed by atoms with Crippen molar-refractivity contribution in [3.8, 4) is 0 Å². The highest BCUT2D eigenvalue weighted by molar-refractivity contribution is 5.78. The van der Waals surface area contributed by atoms with Crippen LogP contribution < -0.4 is 5.32 Å². The lowest BCUT2D eigenvalue weighted by molar-refractivity contribution is -0.122. The second-order valence-electron chi connectivity index (χ2n) is 8.20. The molecule has 28 heavy (non-hydrogen) atoms. The summed E-state index contributed by atoms with van der Waals surface area (Å²) >= 11 is 0. The molecule has 2 aromatic rings. The van der Waals surface area contributed by atoms with Gasteiger partial charge in [0.2, 0.25) is 5.91 Å². The largest absolute Gasteiger partial charge is 0.348 e. The van der Waals surface area contributed by atoms with E-state index in [0.29, 0.717) is 12.6 Å². The van der Waals surface area contributed by atoms with Gasteiger partial charge in [-0.3, -0.25) is 14.6 Å². The Morgan fingerprint density at radius 3 is 2.36 bits per heavy atom. The zero-order valence-corrected chi connectivity index (χ0v) is 16.8. The van der Waals surface area contributed by atoms with Gasteiger partial charge in [0.1, 0.15) is 0 Å². The highest BCUT2D eigenvalue weighted by Crippen LogP contribution is 2.26. The molecule has 0 bridgehead atoms. The van der Waals surface area contributed by atoms with Crippen molar-refractivity contribution in [2.45, 2.75) is 38.3 Å². The Hall–Kier alpha value is -2.17. The maximum atomic E-state index is 12.5. The Kier molecular flexibility index (Phi) is 6.08. The molecule has 2 aliphatic rings. The van der Waals surface area contributed by atoms with Crippen LogP contribution in [0.3, 0.4) is 0 Å². The molecule has 4 heteroatoms. The normalized spacial score (nSPS) is 19.8. The van der Waals surface area contributed by atoms with E-state index in [-0.39, 0.29) is 11.9 Å². The van der Waals surface area contributed by atoms with Crippen molar-refractivity contribution in [2.75, 3.05) is 32.7 Å². The van der Waals surface area contributed by atoms with Crippen LogP contribution >= 0.6 is 0 Å². The first-order chi connectivity index (χ1) is 13.7. The molecular weight excluding hydrogens is 346 g/mol. The predicted octanol–water partition coefficient (Wildman–Crippen LogP) is 3.04. The van der Waals surface area contributed by atoms with E-state index < -0.39 is 0 Å². The Morgan fingerprint density at radius 2 is 1.64 bits per heavy atom. The van der Waals surface area contributed by atoms with Crippen LogP contribution in [0.4, 0.5) is 0 Å². The molecular formula is C24H31N3O. The van der Waals surface area contributed by atoms with E-state index >= 15 is 0 Å². The van der Waals surface area contributed by atoms with E-state index in [1.807, 2.05) is 18.2 Å². The summed E-state index contributed by atoms with van der Waals surface area (Å²) < 4.78 is 0. The van der Waals surface area contributed by atoms with E-state index in [1.165, 1.54) is 24.0 Å². The number of hydrogen-bond donors (Lipinski definition) is 1. The lowest BCUT2D eigenvalue weighted by Crippen LogP contribution is -2.41. The number of benzene rings is 2. The summed E-state index contributed by atoms with van der Waals surface area (Å²) in [6, 6.07) is 19.7. The topological polar surface area (TPSA) is 35.6 Å². The zero-order valence-electron chi connectivity index (χ0n) is 16.8. The molecule has 1 aliphatic carbocycles. The number of carbonyl (C=O) groups is 1. The quantitative estimate of drug-likeness (QED) is 0.870. The number of nitrogens with zero attached hydrogens (tertiary/aromatic N) is 2. The molecule has 4 rings (SSSR count). The highest BCUT2D eigenvalue weighted by atomic mass is 16.2. The maximum absolute atomic E-state index is 12.5. The molecule has 148 valence electrons. The fourth-order valence-electron chi connectivity index (χ4n) is 4.62. The van der Waals surface area contributed by atoms with E-state index in [1.54, 1.807) is 0 Å². The first-order valence-electron chi connectivity index (χ1n) is 10.6. The molecule has 1 amide bonds. The zero-order chi connectivity index (χ0) is 19.3. The Balaban J connectivity index is 1.26. The van der Waals surface area contributed by atoms with Crippen molar-refractivity contribution < 1.29 is 4.79 Å². The van der Waals surface area contributed by atoms with Crippen LogP contribution in [0.25, 0.3) is 0 Å². The Morgan fingerprint density at radius 1 is 0.964 bits per heavy atom. The SMILES string of the molecule is CC(NC(=O)CN1CCCN(C2Cc3ccccc3C2)CC1)c1ccccc1. The molecule has 1 aliphatic heterocycles. The van der Waals surface area contributed by atoms with Gasteiger partial charge in [0.15, 0.2) is 0 Å². The molecule has 0 spiro atoms. The number of fused-ring (bicyclic) bond motifs is 1. The lowest BCUT2D eigenvalue weighted by Gasteiger charge is -2.27. The van der Waals surface area contributed by atoms with E-state index in [9.17, 15) is 4.79 Å². The summed E-state index contributed by atoms with van der Waals surface area (Å²) in [5, 5.41) is 3.15. The molecule has 1 N–H and O–H groups in total. The maximum Gasteiger partial charge on any atom is 0.234 e. The van der Waals surface area contributed by atoms with Crippen LogP contribution in [0.15, 0.2) is 54.6 Å². The van der Waals surface area contributed by atoms with Gasteiger partial charge in [0.25, 0.3) is 0 Å². The van der Waals surface area contributed by atoms with E-state index in [0.717, 1.165) is 38.2 Å². The third-order valence-electron chi connectivity index (χ3n) is 6.21. The van der Waals surface area contributed by atoms with Crippen LogP contribution in [-0.4, -0.2) is 54.5 Å². The van der Waals surface area contributed by atoms with Crippen molar-refractivity contribution >= 4 is 5.91 Å². The summed E-state index contributed by atoms with van der Waals surface area (Å²) in [5.41, 5.74) is 4.18. The lowest BCUT2D eigenvalue weighted by atomic mass is 10.1. The molecule has 1 saturated heterocycles. The molecule has 0 saturated carbocycles. The number of rotatable bonds is 5. The molecule has 1 atom stereocenters. The van der Waals surface area contributed by atoms with Crippen LogP contribution in [0.2, 0.25) is 0 Å². The average Bonchev–Trinajstić information content (AvgIpc) is 3.01. The standard InChI is InChI=1S/C24H31N3O/c1-19(20-8-3-2-4-9-20)25-24(28)18-26-12-7-13-27(15-14-26)23-16-21-10-5-6-11-22(21)17-23/h2-6,8-11,19,23H,7,12-18H2,1H3,(H,25,28). The van der Waals surface area contributed by atoms with Crippen molar-refractivity contribution in [3.05, 3.63) is 71.3 Å². The van der Waals surface area contributed by atoms with Gasteiger partial charge < -0.3 is 5.32 Å². The number of amides is 1. The smallest absolute Gasteiger partial charge is 0.234 e. The monoisotopic (exact) mass is 377 g/mol. The predicted molar refractivity (Wildman–Crippen MR) is 113 cm³/mol. The van der Waals surface area contributed by atoms with Gasteiger partial charge in [0.05, 0.1) is 12.6 Å². The summed E-state index contributed by atoms with van der Waals surface area (Å²) in [7, 11) is 0. The molecule has 4 nitrogen and oxygen atoms in total. The molecule has 2 aromatic carbocycles. The molecule has 0 aromatic heterocycles. The van der Waals surface area contributed by atoms with Crippen LogP contribution in [0, 0.1) is 0 Å². The summed E-state index contributed by atoms with van der Waals surface area (Å²) in [6.07, 6.45) is 3.48. The second kappa shape index (κ2) is 8.89. The average molecular weight is 378 g/mol. The van der Waals surface area contributed by atoms with Gasteiger partial charge >= 0.3 is 0 Å². The van der Waals surface area contributed by atoms with Gasteiger partial charge in [-0.05, 0) is 56.0 Å². The van der Waals surface area contributed by atoms with E-state index in [2.05, 4.69) is 58.4 Å². The van der Waals surface area contributed by atoms with Crippen molar-refractivity contribution in [1.82, 2.24) is 15.1 Å². The van der Waals surface area contributed by atoms with Gasteiger partial charge in [-0.1, -0.05) is 54.6 Å². The number of hydrogen-bond acceptors (Lipinski definition) is 3. The van der Waals surface area contributed by atoms with E-state index in [4.69, 9.17) is 0 Å². The van der Waals surface area contributed by atoms with Crippen LogP contribution in [0.5, 0.6) is 0 Å². The molecule has 0 radical (unpaired) electrons. The van der Waals surface area contributed by atoms with Gasteiger partial charge in [0, 0.05) is 19.1 Å². The minimum absolute atomic E-state index is 0.0502. The highest BCUT2D eigenvalue weighted by Gasteiger charge is 2.28. The minimum atomic E-state index is 0.0502. The fraction of sp³-hybridized carbons (Fsp3) is 0.458. The molecule has 1 fully saturated rings.